The van der Waals surface area contributed by atoms with Crippen LogP contribution in [0.4, 0.5) is 13.2 Å². The highest BCUT2D eigenvalue weighted by Crippen LogP contribution is 2.34. The molecule has 0 aliphatic heterocycles. The molecule has 0 saturated heterocycles. The summed E-state index contributed by atoms with van der Waals surface area (Å²) >= 11 is 11.8. The van der Waals surface area contributed by atoms with Crippen molar-refractivity contribution in [1.29, 1.82) is 0 Å². The topological polar surface area (TPSA) is 12.9 Å². The van der Waals surface area contributed by atoms with E-state index in [1.807, 2.05) is 0 Å². The van der Waals surface area contributed by atoms with E-state index in [4.69, 9.17) is 23.2 Å². The number of benzene rings is 1. The summed E-state index contributed by atoms with van der Waals surface area (Å²) in [6.45, 7) is 0. The molecular weight excluding hydrogens is 286 g/mol. The van der Waals surface area contributed by atoms with Gasteiger partial charge in [-0.2, -0.15) is 13.2 Å². The molecule has 0 N–H and O–H groups in total. The highest BCUT2D eigenvalue weighted by Gasteiger charge is 2.30. The van der Waals surface area contributed by atoms with E-state index in [1.54, 1.807) is 0 Å². The first-order valence-electron chi connectivity index (χ1n) is 4.87. The lowest BCUT2D eigenvalue weighted by molar-refractivity contribution is -0.137. The van der Waals surface area contributed by atoms with Gasteiger partial charge in [0.1, 0.15) is 0 Å². The van der Waals surface area contributed by atoms with E-state index in [9.17, 15) is 13.2 Å². The monoisotopic (exact) mass is 291 g/mol. The minimum Gasteiger partial charge on any atom is -0.255 e. The van der Waals surface area contributed by atoms with Crippen LogP contribution in [0.25, 0.3) is 11.3 Å². The average molecular weight is 292 g/mol. The molecule has 0 radical (unpaired) electrons. The second-order valence-corrected chi connectivity index (χ2v) is 4.32. The third-order valence-corrected chi connectivity index (χ3v) is 3.12. The molecule has 2 rings (SSSR count). The fourth-order valence-electron chi connectivity index (χ4n) is 1.44. The molecule has 2 aromatic rings. The van der Waals surface area contributed by atoms with Crippen LogP contribution in [0.1, 0.15) is 5.56 Å². The second kappa shape index (κ2) is 4.78. The van der Waals surface area contributed by atoms with E-state index < -0.39 is 11.7 Å². The van der Waals surface area contributed by atoms with Crippen molar-refractivity contribution < 1.29 is 13.2 Å². The first-order chi connectivity index (χ1) is 8.39. The Balaban J connectivity index is 2.44. The van der Waals surface area contributed by atoms with Gasteiger partial charge in [-0.05, 0) is 18.2 Å². The fraction of sp³-hybridized carbons (Fsp3) is 0.0833. The number of rotatable bonds is 1. The smallest absolute Gasteiger partial charge is 0.255 e. The Morgan fingerprint density at radius 3 is 2.11 bits per heavy atom. The van der Waals surface area contributed by atoms with Gasteiger partial charge in [-0.15, -0.1) is 0 Å². The first kappa shape index (κ1) is 13.2. The van der Waals surface area contributed by atoms with Crippen LogP contribution in [0.5, 0.6) is 0 Å². The van der Waals surface area contributed by atoms with Crippen LogP contribution in [-0.4, -0.2) is 4.98 Å². The summed E-state index contributed by atoms with van der Waals surface area (Å²) in [4.78, 5) is 4.00. The van der Waals surface area contributed by atoms with E-state index in [1.165, 1.54) is 24.4 Å². The van der Waals surface area contributed by atoms with Gasteiger partial charge in [0.15, 0.2) is 0 Å². The number of pyridine rings is 1. The molecule has 0 spiro atoms. The van der Waals surface area contributed by atoms with E-state index in [-0.39, 0.29) is 5.02 Å². The Kier molecular flexibility index (Phi) is 3.50. The maximum atomic E-state index is 12.4. The normalized spacial score (nSPS) is 11.6. The third kappa shape index (κ3) is 2.60. The maximum Gasteiger partial charge on any atom is 0.416 e. The Morgan fingerprint density at radius 1 is 0.944 bits per heavy atom. The highest BCUT2D eigenvalue weighted by molar-refractivity contribution is 6.43. The fourth-order valence-corrected chi connectivity index (χ4v) is 1.81. The number of aromatic nitrogens is 1. The summed E-state index contributed by atoms with van der Waals surface area (Å²) in [5.41, 5.74) is 0.123. The Bertz CT molecular complexity index is 565. The van der Waals surface area contributed by atoms with Crippen molar-refractivity contribution in [2.24, 2.45) is 0 Å². The molecule has 94 valence electrons. The van der Waals surface area contributed by atoms with Crippen LogP contribution in [0.3, 0.4) is 0 Å². The van der Waals surface area contributed by atoms with Crippen LogP contribution in [0, 0.1) is 0 Å². The molecule has 1 aromatic heterocycles. The molecule has 0 aliphatic carbocycles. The predicted octanol–water partition coefficient (Wildman–Crippen LogP) is 5.07. The number of hydrogen-bond donors (Lipinski definition) is 0. The number of halogens is 5. The van der Waals surface area contributed by atoms with Crippen LogP contribution < -0.4 is 0 Å². The van der Waals surface area contributed by atoms with E-state index in [0.29, 0.717) is 16.3 Å². The summed E-state index contributed by atoms with van der Waals surface area (Å²) in [6.07, 6.45) is -2.91. The molecule has 0 fully saturated rings. The molecule has 1 nitrogen and oxygen atoms in total. The second-order valence-electron chi connectivity index (χ2n) is 3.53. The van der Waals surface area contributed by atoms with Gasteiger partial charge in [0.05, 0.1) is 21.3 Å². The summed E-state index contributed by atoms with van der Waals surface area (Å²) in [7, 11) is 0. The van der Waals surface area contributed by atoms with Crippen molar-refractivity contribution in [1.82, 2.24) is 4.98 Å². The van der Waals surface area contributed by atoms with Gasteiger partial charge in [0.25, 0.3) is 0 Å². The molecule has 0 aliphatic rings. The minimum absolute atomic E-state index is 0.221. The van der Waals surface area contributed by atoms with Gasteiger partial charge in [-0.1, -0.05) is 35.3 Å². The summed E-state index contributed by atoms with van der Waals surface area (Å²) < 4.78 is 37.2. The molecule has 1 heterocycles. The largest absolute Gasteiger partial charge is 0.416 e. The third-order valence-electron chi connectivity index (χ3n) is 2.33. The zero-order valence-electron chi connectivity index (χ0n) is 8.80. The minimum atomic E-state index is -4.36. The van der Waals surface area contributed by atoms with Crippen molar-refractivity contribution in [3.8, 4) is 11.3 Å². The lowest BCUT2D eigenvalue weighted by atomic mass is 10.1. The zero-order valence-corrected chi connectivity index (χ0v) is 10.3. The van der Waals surface area contributed by atoms with Gasteiger partial charge in [0, 0.05) is 11.8 Å². The van der Waals surface area contributed by atoms with E-state index in [2.05, 4.69) is 4.98 Å². The molecule has 0 amide bonds. The van der Waals surface area contributed by atoms with Crippen LogP contribution in [0.15, 0.2) is 36.5 Å². The quantitative estimate of drug-likeness (QED) is 0.714. The maximum absolute atomic E-state index is 12.4. The standard InChI is InChI=1S/C12H6Cl2F3N/c13-9-5-6-18-11(10(9)14)7-1-3-8(4-2-7)12(15,16)17/h1-6H. The van der Waals surface area contributed by atoms with Crippen molar-refractivity contribution in [2.45, 2.75) is 6.18 Å². The highest BCUT2D eigenvalue weighted by atomic mass is 35.5. The van der Waals surface area contributed by atoms with Crippen LogP contribution in [-0.2, 0) is 6.18 Å². The molecule has 18 heavy (non-hydrogen) atoms. The van der Waals surface area contributed by atoms with Crippen molar-refractivity contribution in [3.05, 3.63) is 52.1 Å². The van der Waals surface area contributed by atoms with Crippen LogP contribution in [0.2, 0.25) is 10.0 Å². The van der Waals surface area contributed by atoms with Gasteiger partial charge >= 0.3 is 6.18 Å². The number of alkyl halides is 3. The first-order valence-corrected chi connectivity index (χ1v) is 5.63. The molecule has 0 unspecified atom stereocenters. The van der Waals surface area contributed by atoms with Gasteiger partial charge in [-0.3, -0.25) is 4.98 Å². The van der Waals surface area contributed by atoms with E-state index >= 15 is 0 Å². The molecule has 1 aromatic carbocycles. The predicted molar refractivity (Wildman–Crippen MR) is 64.7 cm³/mol. The molecule has 0 saturated carbocycles. The number of nitrogens with zero attached hydrogens (tertiary/aromatic N) is 1. The molecule has 0 atom stereocenters. The number of hydrogen-bond acceptors (Lipinski definition) is 1. The summed E-state index contributed by atoms with van der Waals surface area (Å²) in [6, 6.07) is 6.10. The average Bonchev–Trinajstić information content (AvgIpc) is 2.32. The molecular formula is C12H6Cl2F3N. The van der Waals surface area contributed by atoms with Gasteiger partial charge < -0.3 is 0 Å². The summed E-state index contributed by atoms with van der Waals surface area (Å²) in [5.74, 6) is 0. The Morgan fingerprint density at radius 2 is 1.56 bits per heavy atom. The van der Waals surface area contributed by atoms with Crippen LogP contribution >= 0.6 is 23.2 Å². The summed E-state index contributed by atoms with van der Waals surface area (Å²) in [5, 5.41) is 0.528. The Labute approximate surface area is 111 Å². The molecule has 0 bridgehead atoms. The van der Waals surface area contributed by atoms with Crippen molar-refractivity contribution >= 4 is 23.2 Å². The van der Waals surface area contributed by atoms with E-state index in [0.717, 1.165) is 12.1 Å². The van der Waals surface area contributed by atoms with Crippen molar-refractivity contribution in [2.75, 3.05) is 0 Å². The Hall–Kier alpha value is -1.26. The van der Waals surface area contributed by atoms with Crippen molar-refractivity contribution in [3.63, 3.8) is 0 Å². The lowest BCUT2D eigenvalue weighted by Crippen LogP contribution is -2.04. The lowest BCUT2D eigenvalue weighted by Gasteiger charge is -2.08. The zero-order chi connectivity index (χ0) is 13.3. The molecule has 6 heteroatoms. The van der Waals surface area contributed by atoms with Gasteiger partial charge in [-0.25, -0.2) is 0 Å². The van der Waals surface area contributed by atoms with Gasteiger partial charge in [0.2, 0.25) is 0 Å². The SMILES string of the molecule is FC(F)(F)c1ccc(-c2nccc(Cl)c2Cl)cc1.